The van der Waals surface area contributed by atoms with Crippen molar-refractivity contribution in [1.29, 1.82) is 0 Å². The first kappa shape index (κ1) is 17.1. The SMILES string of the molecule is COc1ccc2ccc(OC(=O)COc3ccc(Cl)c(C)c3)cc2c1. The number of ether oxygens (including phenoxy) is 3. The highest BCUT2D eigenvalue weighted by Crippen LogP contribution is 2.25. The van der Waals surface area contributed by atoms with Gasteiger partial charge in [-0.05, 0) is 65.7 Å². The van der Waals surface area contributed by atoms with Crippen LogP contribution in [0.5, 0.6) is 17.2 Å². The number of esters is 1. The zero-order valence-electron chi connectivity index (χ0n) is 13.9. The van der Waals surface area contributed by atoms with E-state index in [-0.39, 0.29) is 6.61 Å². The lowest BCUT2D eigenvalue weighted by molar-refractivity contribution is -0.136. The summed E-state index contributed by atoms with van der Waals surface area (Å²) in [5.41, 5.74) is 0.885. The van der Waals surface area contributed by atoms with E-state index in [1.54, 1.807) is 37.4 Å². The van der Waals surface area contributed by atoms with Crippen molar-refractivity contribution in [1.82, 2.24) is 0 Å². The summed E-state index contributed by atoms with van der Waals surface area (Å²) in [6.45, 7) is 1.69. The molecule has 0 aromatic heterocycles. The van der Waals surface area contributed by atoms with Gasteiger partial charge in [0.15, 0.2) is 6.61 Å². The monoisotopic (exact) mass is 356 g/mol. The summed E-state index contributed by atoms with van der Waals surface area (Å²) >= 11 is 5.96. The van der Waals surface area contributed by atoms with E-state index in [0.717, 1.165) is 22.1 Å². The Labute approximate surface area is 150 Å². The van der Waals surface area contributed by atoms with Crippen LogP contribution in [0, 0.1) is 6.92 Å². The molecule has 3 aromatic carbocycles. The Hall–Kier alpha value is -2.72. The highest BCUT2D eigenvalue weighted by atomic mass is 35.5. The van der Waals surface area contributed by atoms with Gasteiger partial charge in [-0.2, -0.15) is 0 Å². The smallest absolute Gasteiger partial charge is 0.349 e. The largest absolute Gasteiger partial charge is 0.497 e. The second-order valence-electron chi connectivity index (χ2n) is 5.55. The molecule has 3 aromatic rings. The molecule has 0 fully saturated rings. The number of aryl methyl sites for hydroxylation is 1. The third kappa shape index (κ3) is 4.22. The molecule has 0 heterocycles. The van der Waals surface area contributed by atoms with Crippen LogP contribution in [0.4, 0.5) is 0 Å². The topological polar surface area (TPSA) is 44.8 Å². The minimum absolute atomic E-state index is 0.183. The number of methoxy groups -OCH3 is 1. The van der Waals surface area contributed by atoms with E-state index in [1.807, 2.05) is 31.2 Å². The molecular formula is C20H17ClO4. The van der Waals surface area contributed by atoms with Crippen LogP contribution in [-0.4, -0.2) is 19.7 Å². The Balaban J connectivity index is 1.65. The van der Waals surface area contributed by atoms with Gasteiger partial charge >= 0.3 is 5.97 Å². The minimum Gasteiger partial charge on any atom is -0.497 e. The van der Waals surface area contributed by atoms with Gasteiger partial charge in [0.1, 0.15) is 17.2 Å². The molecule has 0 atom stereocenters. The number of halogens is 1. The molecule has 0 saturated carbocycles. The van der Waals surface area contributed by atoms with Crippen molar-refractivity contribution in [2.45, 2.75) is 6.92 Å². The summed E-state index contributed by atoms with van der Waals surface area (Å²) in [4.78, 5) is 12.0. The number of fused-ring (bicyclic) bond motifs is 1. The Bertz CT molecular complexity index is 921. The van der Waals surface area contributed by atoms with E-state index in [4.69, 9.17) is 25.8 Å². The highest BCUT2D eigenvalue weighted by molar-refractivity contribution is 6.31. The average molecular weight is 357 g/mol. The predicted octanol–water partition coefficient (Wildman–Crippen LogP) is 4.79. The molecule has 25 heavy (non-hydrogen) atoms. The van der Waals surface area contributed by atoms with Crippen molar-refractivity contribution in [3.63, 3.8) is 0 Å². The van der Waals surface area contributed by atoms with E-state index in [2.05, 4.69) is 0 Å². The number of rotatable bonds is 5. The van der Waals surface area contributed by atoms with Crippen LogP contribution >= 0.6 is 11.6 Å². The molecule has 0 aliphatic heterocycles. The van der Waals surface area contributed by atoms with E-state index in [0.29, 0.717) is 16.5 Å². The maximum Gasteiger partial charge on any atom is 0.349 e. The Kier molecular flexibility index (Phi) is 5.10. The quantitative estimate of drug-likeness (QED) is 0.487. The van der Waals surface area contributed by atoms with Gasteiger partial charge in [-0.1, -0.05) is 23.7 Å². The van der Waals surface area contributed by atoms with E-state index in [1.165, 1.54) is 0 Å². The molecule has 0 saturated heterocycles. The summed E-state index contributed by atoms with van der Waals surface area (Å²) in [6, 6.07) is 16.4. The van der Waals surface area contributed by atoms with Crippen LogP contribution in [0.2, 0.25) is 5.02 Å². The maximum atomic E-state index is 12.0. The standard InChI is InChI=1S/C20H17ClO4/c1-13-9-17(7-8-19(13)21)24-12-20(22)25-18-6-4-14-3-5-16(23-2)10-15(14)11-18/h3-11H,12H2,1-2H3. The Morgan fingerprint density at radius 1 is 0.920 bits per heavy atom. The summed E-state index contributed by atoms with van der Waals surface area (Å²) < 4.78 is 16.0. The van der Waals surface area contributed by atoms with Gasteiger partial charge in [-0.25, -0.2) is 4.79 Å². The fourth-order valence-electron chi connectivity index (χ4n) is 2.40. The molecule has 0 aliphatic carbocycles. The summed E-state index contributed by atoms with van der Waals surface area (Å²) in [6.07, 6.45) is 0. The molecule has 0 spiro atoms. The highest BCUT2D eigenvalue weighted by Gasteiger charge is 2.08. The molecule has 0 radical (unpaired) electrons. The molecule has 0 N–H and O–H groups in total. The van der Waals surface area contributed by atoms with Gasteiger partial charge in [0.25, 0.3) is 0 Å². The van der Waals surface area contributed by atoms with Gasteiger partial charge in [-0.3, -0.25) is 0 Å². The summed E-state index contributed by atoms with van der Waals surface area (Å²) in [7, 11) is 1.61. The molecule has 0 unspecified atom stereocenters. The van der Waals surface area contributed by atoms with Crippen molar-refractivity contribution in [2.24, 2.45) is 0 Å². The van der Waals surface area contributed by atoms with Gasteiger partial charge in [0, 0.05) is 5.02 Å². The fourth-order valence-corrected chi connectivity index (χ4v) is 2.52. The third-order valence-electron chi connectivity index (χ3n) is 3.74. The lowest BCUT2D eigenvalue weighted by Gasteiger charge is -2.09. The van der Waals surface area contributed by atoms with Crippen LogP contribution < -0.4 is 14.2 Å². The first-order chi connectivity index (χ1) is 12.0. The van der Waals surface area contributed by atoms with Gasteiger partial charge in [0.2, 0.25) is 0 Å². The molecule has 0 amide bonds. The number of hydrogen-bond acceptors (Lipinski definition) is 4. The lowest BCUT2D eigenvalue weighted by atomic mass is 10.1. The summed E-state index contributed by atoms with van der Waals surface area (Å²) in [5, 5.41) is 2.62. The first-order valence-electron chi connectivity index (χ1n) is 7.72. The molecule has 4 nitrogen and oxygen atoms in total. The predicted molar refractivity (Wildman–Crippen MR) is 97.8 cm³/mol. The van der Waals surface area contributed by atoms with Crippen molar-refractivity contribution in [3.05, 3.63) is 65.2 Å². The van der Waals surface area contributed by atoms with Gasteiger partial charge < -0.3 is 14.2 Å². The fraction of sp³-hybridized carbons (Fsp3) is 0.150. The van der Waals surface area contributed by atoms with E-state index in [9.17, 15) is 4.79 Å². The number of hydrogen-bond donors (Lipinski definition) is 0. The molecule has 128 valence electrons. The minimum atomic E-state index is -0.477. The molecular weight excluding hydrogens is 340 g/mol. The van der Waals surface area contributed by atoms with Gasteiger partial charge in [-0.15, -0.1) is 0 Å². The maximum absolute atomic E-state index is 12.0. The normalized spacial score (nSPS) is 10.5. The number of carbonyl (C=O) groups excluding carboxylic acids is 1. The van der Waals surface area contributed by atoms with E-state index >= 15 is 0 Å². The van der Waals surface area contributed by atoms with Crippen molar-refractivity contribution in [2.75, 3.05) is 13.7 Å². The number of carbonyl (C=O) groups is 1. The second kappa shape index (κ2) is 7.45. The molecule has 3 rings (SSSR count). The van der Waals surface area contributed by atoms with Crippen molar-refractivity contribution >= 4 is 28.3 Å². The van der Waals surface area contributed by atoms with Crippen LogP contribution in [0.3, 0.4) is 0 Å². The van der Waals surface area contributed by atoms with Crippen molar-refractivity contribution in [3.8, 4) is 17.2 Å². The average Bonchev–Trinajstić information content (AvgIpc) is 2.62. The third-order valence-corrected chi connectivity index (χ3v) is 4.16. The Morgan fingerprint density at radius 3 is 2.32 bits per heavy atom. The van der Waals surface area contributed by atoms with Crippen LogP contribution in [-0.2, 0) is 4.79 Å². The lowest BCUT2D eigenvalue weighted by Crippen LogP contribution is -2.17. The van der Waals surface area contributed by atoms with Gasteiger partial charge in [0.05, 0.1) is 7.11 Å². The summed E-state index contributed by atoms with van der Waals surface area (Å²) in [5.74, 6) is 1.30. The molecule has 5 heteroatoms. The zero-order valence-corrected chi connectivity index (χ0v) is 14.7. The first-order valence-corrected chi connectivity index (χ1v) is 8.10. The van der Waals surface area contributed by atoms with Crippen LogP contribution in [0.1, 0.15) is 5.56 Å². The molecule has 0 aliphatic rings. The zero-order chi connectivity index (χ0) is 17.8. The number of benzene rings is 3. The Morgan fingerprint density at radius 2 is 1.60 bits per heavy atom. The second-order valence-corrected chi connectivity index (χ2v) is 5.96. The van der Waals surface area contributed by atoms with Crippen LogP contribution in [0.15, 0.2) is 54.6 Å². The van der Waals surface area contributed by atoms with Crippen LogP contribution in [0.25, 0.3) is 10.8 Å². The van der Waals surface area contributed by atoms with Crippen molar-refractivity contribution < 1.29 is 19.0 Å². The van der Waals surface area contributed by atoms with E-state index < -0.39 is 5.97 Å². The molecule has 0 bridgehead atoms.